The molecule has 0 radical (unpaired) electrons. The van der Waals surface area contributed by atoms with Crippen LogP contribution in [0.2, 0.25) is 0 Å². The third-order valence-electron chi connectivity index (χ3n) is 2.84. The Hall–Kier alpha value is -1.81. The van der Waals surface area contributed by atoms with Crippen molar-refractivity contribution in [3.63, 3.8) is 0 Å². The molecule has 0 unspecified atom stereocenters. The van der Waals surface area contributed by atoms with Crippen molar-refractivity contribution in [2.75, 3.05) is 7.05 Å². The molecular weight excluding hydrogens is 228 g/mol. The number of hydrogen-bond donors (Lipinski definition) is 1. The summed E-state index contributed by atoms with van der Waals surface area (Å²) in [5.41, 5.74) is 3.11. The molecule has 0 aliphatic carbocycles. The van der Waals surface area contributed by atoms with Crippen LogP contribution in [-0.4, -0.2) is 12.2 Å². The van der Waals surface area contributed by atoms with Gasteiger partial charge in [-0.1, -0.05) is 17.3 Å². The molecule has 0 spiro atoms. The molecular formula is C14H18N2O2. The van der Waals surface area contributed by atoms with Crippen molar-refractivity contribution in [1.82, 2.24) is 10.5 Å². The van der Waals surface area contributed by atoms with Crippen LogP contribution in [0.3, 0.4) is 0 Å². The van der Waals surface area contributed by atoms with E-state index < -0.39 is 0 Å². The summed E-state index contributed by atoms with van der Waals surface area (Å²) >= 11 is 0. The van der Waals surface area contributed by atoms with Gasteiger partial charge in [-0.2, -0.15) is 0 Å². The summed E-state index contributed by atoms with van der Waals surface area (Å²) in [6.07, 6.45) is 0. The lowest BCUT2D eigenvalue weighted by atomic mass is 10.2. The summed E-state index contributed by atoms with van der Waals surface area (Å²) in [7, 11) is 1.93. The standard InChI is InChI=1S/C14H18N2O2/c1-10-14(11(2)18-16-10)9-17-13-6-4-5-12(7-13)8-15-3/h4-7,15H,8-9H2,1-3H3. The lowest BCUT2D eigenvalue weighted by Crippen LogP contribution is -2.05. The second-order valence-corrected chi connectivity index (χ2v) is 4.27. The predicted octanol–water partition coefficient (Wildman–Crippen LogP) is 2.59. The third kappa shape index (κ3) is 2.90. The Morgan fingerprint density at radius 2 is 2.17 bits per heavy atom. The van der Waals surface area contributed by atoms with E-state index in [1.807, 2.05) is 39.1 Å². The smallest absolute Gasteiger partial charge is 0.140 e. The molecule has 4 nitrogen and oxygen atoms in total. The molecule has 1 aromatic carbocycles. The Kier molecular flexibility index (Phi) is 3.99. The van der Waals surface area contributed by atoms with Crippen LogP contribution in [0.15, 0.2) is 28.8 Å². The van der Waals surface area contributed by atoms with E-state index in [2.05, 4.69) is 16.5 Å². The van der Waals surface area contributed by atoms with Crippen LogP contribution < -0.4 is 10.1 Å². The van der Waals surface area contributed by atoms with Crippen LogP contribution in [0.5, 0.6) is 5.75 Å². The molecule has 1 aromatic heterocycles. The molecule has 0 saturated heterocycles. The highest BCUT2D eigenvalue weighted by atomic mass is 16.5. The molecule has 2 rings (SSSR count). The molecule has 0 aliphatic heterocycles. The summed E-state index contributed by atoms with van der Waals surface area (Å²) < 4.78 is 10.9. The molecule has 4 heteroatoms. The summed E-state index contributed by atoms with van der Waals surface area (Å²) in [4.78, 5) is 0. The molecule has 1 heterocycles. The molecule has 0 amide bonds. The molecule has 0 fully saturated rings. The van der Waals surface area contributed by atoms with Gasteiger partial charge in [-0.25, -0.2) is 0 Å². The molecule has 0 bridgehead atoms. The molecule has 96 valence electrons. The highest BCUT2D eigenvalue weighted by molar-refractivity contribution is 5.29. The van der Waals surface area contributed by atoms with Gasteiger partial charge >= 0.3 is 0 Å². The second-order valence-electron chi connectivity index (χ2n) is 4.27. The molecule has 0 atom stereocenters. The van der Waals surface area contributed by atoms with Gasteiger partial charge in [0, 0.05) is 6.54 Å². The van der Waals surface area contributed by atoms with Gasteiger partial charge in [0.05, 0.1) is 11.3 Å². The number of rotatable bonds is 5. The monoisotopic (exact) mass is 246 g/mol. The van der Waals surface area contributed by atoms with Crippen LogP contribution >= 0.6 is 0 Å². The fourth-order valence-corrected chi connectivity index (χ4v) is 1.81. The first kappa shape index (κ1) is 12.6. The number of aryl methyl sites for hydroxylation is 2. The van der Waals surface area contributed by atoms with Gasteiger partial charge in [0.25, 0.3) is 0 Å². The summed E-state index contributed by atoms with van der Waals surface area (Å²) in [5, 5.41) is 7.03. The highest BCUT2D eigenvalue weighted by Crippen LogP contribution is 2.18. The minimum Gasteiger partial charge on any atom is -0.489 e. The SMILES string of the molecule is CNCc1cccc(OCc2c(C)noc2C)c1. The summed E-state index contributed by atoms with van der Waals surface area (Å²) in [6.45, 7) is 5.15. The van der Waals surface area contributed by atoms with Crippen LogP contribution in [-0.2, 0) is 13.2 Å². The Morgan fingerprint density at radius 3 is 2.83 bits per heavy atom. The first-order valence-electron chi connectivity index (χ1n) is 5.99. The van der Waals surface area contributed by atoms with E-state index in [1.165, 1.54) is 5.56 Å². The number of nitrogens with one attached hydrogen (secondary N) is 1. The number of nitrogens with zero attached hydrogens (tertiary/aromatic N) is 1. The zero-order valence-corrected chi connectivity index (χ0v) is 11.0. The predicted molar refractivity (Wildman–Crippen MR) is 69.5 cm³/mol. The van der Waals surface area contributed by atoms with Gasteiger partial charge in [-0.3, -0.25) is 0 Å². The van der Waals surface area contributed by atoms with Crippen molar-refractivity contribution in [2.45, 2.75) is 27.0 Å². The van der Waals surface area contributed by atoms with Crippen LogP contribution in [0, 0.1) is 13.8 Å². The topological polar surface area (TPSA) is 47.3 Å². The molecule has 0 saturated carbocycles. The van der Waals surface area contributed by atoms with E-state index in [-0.39, 0.29) is 0 Å². The van der Waals surface area contributed by atoms with Crippen LogP contribution in [0.4, 0.5) is 0 Å². The van der Waals surface area contributed by atoms with E-state index in [4.69, 9.17) is 9.26 Å². The Labute approximate surface area is 107 Å². The van der Waals surface area contributed by atoms with Gasteiger partial charge in [0.2, 0.25) is 0 Å². The van der Waals surface area contributed by atoms with Gasteiger partial charge in [-0.15, -0.1) is 0 Å². The van der Waals surface area contributed by atoms with E-state index in [0.29, 0.717) is 6.61 Å². The van der Waals surface area contributed by atoms with Crippen molar-refractivity contribution in [1.29, 1.82) is 0 Å². The van der Waals surface area contributed by atoms with E-state index in [0.717, 1.165) is 29.3 Å². The second kappa shape index (κ2) is 5.69. The minimum absolute atomic E-state index is 0.490. The minimum atomic E-state index is 0.490. The number of ether oxygens (including phenoxy) is 1. The first-order valence-corrected chi connectivity index (χ1v) is 5.99. The summed E-state index contributed by atoms with van der Waals surface area (Å²) in [5.74, 6) is 1.68. The maximum Gasteiger partial charge on any atom is 0.140 e. The van der Waals surface area contributed by atoms with E-state index >= 15 is 0 Å². The average Bonchev–Trinajstić information content (AvgIpc) is 2.68. The maximum atomic E-state index is 5.77. The van der Waals surface area contributed by atoms with Crippen molar-refractivity contribution in [3.8, 4) is 5.75 Å². The first-order chi connectivity index (χ1) is 8.70. The van der Waals surface area contributed by atoms with Crippen molar-refractivity contribution >= 4 is 0 Å². The zero-order chi connectivity index (χ0) is 13.0. The van der Waals surface area contributed by atoms with Crippen LogP contribution in [0.1, 0.15) is 22.6 Å². The van der Waals surface area contributed by atoms with Crippen molar-refractivity contribution in [3.05, 3.63) is 46.8 Å². The highest BCUT2D eigenvalue weighted by Gasteiger charge is 2.09. The third-order valence-corrected chi connectivity index (χ3v) is 2.84. The van der Waals surface area contributed by atoms with Crippen LogP contribution in [0.25, 0.3) is 0 Å². The Balaban J connectivity index is 2.04. The quantitative estimate of drug-likeness (QED) is 0.881. The molecule has 0 aliphatic rings. The fraction of sp³-hybridized carbons (Fsp3) is 0.357. The Morgan fingerprint density at radius 1 is 1.33 bits per heavy atom. The maximum absolute atomic E-state index is 5.77. The van der Waals surface area contributed by atoms with E-state index in [1.54, 1.807) is 0 Å². The van der Waals surface area contributed by atoms with Gasteiger partial charge < -0.3 is 14.6 Å². The zero-order valence-electron chi connectivity index (χ0n) is 11.0. The van der Waals surface area contributed by atoms with Gasteiger partial charge in [-0.05, 0) is 38.6 Å². The van der Waals surface area contributed by atoms with Gasteiger partial charge in [0.1, 0.15) is 18.1 Å². The average molecular weight is 246 g/mol. The van der Waals surface area contributed by atoms with Crippen molar-refractivity contribution in [2.24, 2.45) is 0 Å². The fourth-order valence-electron chi connectivity index (χ4n) is 1.81. The number of benzene rings is 1. The summed E-state index contributed by atoms with van der Waals surface area (Å²) in [6, 6.07) is 8.06. The lowest BCUT2D eigenvalue weighted by Gasteiger charge is -2.07. The molecule has 1 N–H and O–H groups in total. The molecule has 2 aromatic rings. The number of hydrogen-bond acceptors (Lipinski definition) is 4. The lowest BCUT2D eigenvalue weighted by molar-refractivity contribution is 0.301. The number of aromatic nitrogens is 1. The van der Waals surface area contributed by atoms with Crippen molar-refractivity contribution < 1.29 is 9.26 Å². The normalized spacial score (nSPS) is 10.6. The van der Waals surface area contributed by atoms with E-state index in [9.17, 15) is 0 Å². The molecule has 18 heavy (non-hydrogen) atoms. The van der Waals surface area contributed by atoms with Gasteiger partial charge in [0.15, 0.2) is 0 Å². The Bertz CT molecular complexity index is 501. The largest absolute Gasteiger partial charge is 0.489 e.